The van der Waals surface area contributed by atoms with Gasteiger partial charge in [0, 0.05) is 32.7 Å². The van der Waals surface area contributed by atoms with Crippen LogP contribution in [-0.2, 0) is 17.8 Å². The van der Waals surface area contributed by atoms with Crippen LogP contribution in [0.15, 0.2) is 29.3 Å². The van der Waals surface area contributed by atoms with E-state index in [0.29, 0.717) is 18.8 Å². The highest BCUT2D eigenvalue weighted by molar-refractivity contribution is 5.79. The van der Waals surface area contributed by atoms with Gasteiger partial charge >= 0.3 is 0 Å². The van der Waals surface area contributed by atoms with Crippen LogP contribution in [0.3, 0.4) is 0 Å². The van der Waals surface area contributed by atoms with Gasteiger partial charge in [-0.3, -0.25) is 4.90 Å². The largest absolute Gasteiger partial charge is 0.373 e. The minimum Gasteiger partial charge on any atom is -0.373 e. The third kappa shape index (κ3) is 5.80. The zero-order valence-electron chi connectivity index (χ0n) is 15.5. The van der Waals surface area contributed by atoms with Gasteiger partial charge in [-0.2, -0.15) is 0 Å². The number of rotatable bonds is 6. The molecule has 2 N–H and O–H groups in total. The molecule has 1 saturated heterocycles. The first kappa shape index (κ1) is 18.7. The maximum Gasteiger partial charge on any atom is 0.191 e. The zero-order valence-corrected chi connectivity index (χ0v) is 15.5. The molecule has 0 spiro atoms. The molecule has 1 aliphatic heterocycles. The van der Waals surface area contributed by atoms with Crippen molar-refractivity contribution in [1.29, 1.82) is 0 Å². The summed E-state index contributed by atoms with van der Waals surface area (Å²) in [6.45, 7) is 13.8. The Bertz CT molecular complexity index is 514. The average molecular weight is 332 g/mol. The number of guanidine groups is 1. The normalized spacial score (nSPS) is 21.3. The fourth-order valence-electron chi connectivity index (χ4n) is 3.19. The molecule has 1 heterocycles. The van der Waals surface area contributed by atoms with E-state index in [1.54, 1.807) is 0 Å². The van der Waals surface area contributed by atoms with Crippen molar-refractivity contribution in [1.82, 2.24) is 15.5 Å². The van der Waals surface area contributed by atoms with E-state index < -0.39 is 0 Å². The van der Waals surface area contributed by atoms with Crippen molar-refractivity contribution in [2.24, 2.45) is 4.99 Å². The summed E-state index contributed by atoms with van der Waals surface area (Å²) >= 11 is 0. The minimum atomic E-state index is 0.299. The van der Waals surface area contributed by atoms with Gasteiger partial charge in [-0.05, 0) is 38.8 Å². The zero-order chi connectivity index (χ0) is 17.4. The summed E-state index contributed by atoms with van der Waals surface area (Å²) in [6.07, 6.45) is 0.598. The maximum absolute atomic E-state index is 5.84. The Morgan fingerprint density at radius 3 is 2.25 bits per heavy atom. The van der Waals surface area contributed by atoms with Gasteiger partial charge in [0.05, 0.1) is 18.8 Å². The van der Waals surface area contributed by atoms with Crippen LogP contribution in [0.4, 0.5) is 0 Å². The van der Waals surface area contributed by atoms with Crippen molar-refractivity contribution in [2.45, 2.75) is 53.0 Å². The minimum absolute atomic E-state index is 0.299. The van der Waals surface area contributed by atoms with Gasteiger partial charge in [-0.25, -0.2) is 4.99 Å². The summed E-state index contributed by atoms with van der Waals surface area (Å²) in [4.78, 5) is 7.19. The second-order valence-electron chi connectivity index (χ2n) is 6.45. The van der Waals surface area contributed by atoms with E-state index in [0.717, 1.165) is 38.7 Å². The second-order valence-corrected chi connectivity index (χ2v) is 6.45. The van der Waals surface area contributed by atoms with Crippen molar-refractivity contribution in [3.05, 3.63) is 35.4 Å². The smallest absolute Gasteiger partial charge is 0.191 e. The molecule has 0 aliphatic carbocycles. The Labute approximate surface area is 146 Å². The summed E-state index contributed by atoms with van der Waals surface area (Å²) in [7, 11) is 0. The first-order valence-corrected chi connectivity index (χ1v) is 9.09. The van der Waals surface area contributed by atoms with Gasteiger partial charge in [0.25, 0.3) is 0 Å². The van der Waals surface area contributed by atoms with E-state index in [9.17, 15) is 0 Å². The summed E-state index contributed by atoms with van der Waals surface area (Å²) in [5.74, 6) is 0.878. The molecule has 0 bridgehead atoms. The third-order valence-electron chi connectivity index (χ3n) is 4.10. The molecule has 1 aromatic rings. The van der Waals surface area contributed by atoms with E-state index >= 15 is 0 Å². The summed E-state index contributed by atoms with van der Waals surface area (Å²) in [6, 6.07) is 8.61. The van der Waals surface area contributed by atoms with Gasteiger partial charge < -0.3 is 15.4 Å². The standard InChI is InChI=1S/C19H32N4O/c1-5-20-19(21-6-2)22-11-17-9-7-8-10-18(17)14-23-12-15(3)24-16(4)13-23/h7-10,15-16H,5-6,11-14H2,1-4H3,(H2,20,21,22)/t15-,16-/m1/s1. The highest BCUT2D eigenvalue weighted by Crippen LogP contribution is 2.17. The molecule has 2 rings (SSSR count). The third-order valence-corrected chi connectivity index (χ3v) is 4.10. The number of benzene rings is 1. The van der Waals surface area contributed by atoms with Crippen LogP contribution in [0.1, 0.15) is 38.8 Å². The number of hydrogen-bond donors (Lipinski definition) is 2. The highest BCUT2D eigenvalue weighted by atomic mass is 16.5. The van der Waals surface area contributed by atoms with Crippen molar-refractivity contribution in [2.75, 3.05) is 26.2 Å². The average Bonchev–Trinajstić information content (AvgIpc) is 2.53. The van der Waals surface area contributed by atoms with Gasteiger partial charge in [0.2, 0.25) is 0 Å². The SMILES string of the molecule is CCNC(=NCc1ccccc1CN1C[C@@H](C)O[C@H](C)C1)NCC. The lowest BCUT2D eigenvalue weighted by Gasteiger charge is -2.35. The second kappa shape index (κ2) is 9.64. The molecule has 134 valence electrons. The maximum atomic E-state index is 5.84. The van der Waals surface area contributed by atoms with E-state index in [-0.39, 0.29) is 0 Å². The predicted molar refractivity (Wildman–Crippen MR) is 100 cm³/mol. The molecule has 5 nitrogen and oxygen atoms in total. The van der Waals surface area contributed by atoms with Crippen LogP contribution in [0, 0.1) is 0 Å². The van der Waals surface area contributed by atoms with E-state index in [2.05, 4.69) is 67.5 Å². The summed E-state index contributed by atoms with van der Waals surface area (Å²) < 4.78 is 5.84. The molecular weight excluding hydrogens is 300 g/mol. The van der Waals surface area contributed by atoms with Crippen molar-refractivity contribution >= 4 is 5.96 Å². The van der Waals surface area contributed by atoms with Gasteiger partial charge in [0.1, 0.15) is 0 Å². The van der Waals surface area contributed by atoms with E-state index in [4.69, 9.17) is 9.73 Å². The Kier molecular flexibility index (Phi) is 7.53. The van der Waals surface area contributed by atoms with E-state index in [1.807, 2.05) is 0 Å². The molecule has 1 fully saturated rings. The lowest BCUT2D eigenvalue weighted by Crippen LogP contribution is -2.44. The van der Waals surface area contributed by atoms with Crippen molar-refractivity contribution in [3.63, 3.8) is 0 Å². The molecule has 1 aromatic carbocycles. The summed E-state index contributed by atoms with van der Waals surface area (Å²) in [5.41, 5.74) is 2.65. The lowest BCUT2D eigenvalue weighted by molar-refractivity contribution is -0.0705. The molecule has 5 heteroatoms. The Morgan fingerprint density at radius 2 is 1.67 bits per heavy atom. The molecule has 0 amide bonds. The van der Waals surface area contributed by atoms with Crippen LogP contribution < -0.4 is 10.6 Å². The molecular formula is C19H32N4O. The number of hydrogen-bond acceptors (Lipinski definition) is 3. The predicted octanol–water partition coefficient (Wildman–Crippen LogP) is 2.37. The molecule has 24 heavy (non-hydrogen) atoms. The fourth-order valence-corrected chi connectivity index (χ4v) is 3.19. The molecule has 0 radical (unpaired) electrons. The number of morpholine rings is 1. The molecule has 0 saturated carbocycles. The van der Waals surface area contributed by atoms with Crippen LogP contribution >= 0.6 is 0 Å². The quantitative estimate of drug-likeness (QED) is 0.620. The van der Waals surface area contributed by atoms with Gasteiger partial charge in [-0.1, -0.05) is 24.3 Å². The topological polar surface area (TPSA) is 48.9 Å². The monoisotopic (exact) mass is 332 g/mol. The fraction of sp³-hybridized carbons (Fsp3) is 0.632. The van der Waals surface area contributed by atoms with Gasteiger partial charge in [-0.15, -0.1) is 0 Å². The first-order valence-electron chi connectivity index (χ1n) is 9.09. The van der Waals surface area contributed by atoms with Gasteiger partial charge in [0.15, 0.2) is 5.96 Å². The Morgan fingerprint density at radius 1 is 1.08 bits per heavy atom. The first-order chi connectivity index (χ1) is 11.6. The number of ether oxygens (including phenoxy) is 1. The number of nitrogens with zero attached hydrogens (tertiary/aromatic N) is 2. The number of aliphatic imine (C=N–C) groups is 1. The van der Waals surface area contributed by atoms with Crippen LogP contribution in [0.5, 0.6) is 0 Å². The van der Waals surface area contributed by atoms with E-state index in [1.165, 1.54) is 11.1 Å². The van der Waals surface area contributed by atoms with Crippen molar-refractivity contribution in [3.8, 4) is 0 Å². The van der Waals surface area contributed by atoms with Crippen LogP contribution in [-0.4, -0.2) is 49.2 Å². The number of nitrogens with one attached hydrogen (secondary N) is 2. The Balaban J connectivity index is 2.05. The highest BCUT2D eigenvalue weighted by Gasteiger charge is 2.22. The molecule has 0 unspecified atom stereocenters. The molecule has 0 aromatic heterocycles. The van der Waals surface area contributed by atoms with Crippen molar-refractivity contribution < 1.29 is 4.74 Å². The summed E-state index contributed by atoms with van der Waals surface area (Å²) in [5, 5.41) is 6.56. The lowest BCUT2D eigenvalue weighted by atomic mass is 10.1. The Hall–Kier alpha value is -1.59. The molecule has 2 atom stereocenters. The van der Waals surface area contributed by atoms with Crippen LogP contribution in [0.2, 0.25) is 0 Å². The van der Waals surface area contributed by atoms with Crippen LogP contribution in [0.25, 0.3) is 0 Å². The molecule has 1 aliphatic rings.